The van der Waals surface area contributed by atoms with Crippen molar-refractivity contribution in [3.8, 4) is 0 Å². The lowest BCUT2D eigenvalue weighted by molar-refractivity contribution is 0.0686. The van der Waals surface area contributed by atoms with Gasteiger partial charge < -0.3 is 9.67 Å². The Morgan fingerprint density at radius 3 is 2.26 bits per heavy atom. The maximum absolute atomic E-state index is 12.2. The van der Waals surface area contributed by atoms with E-state index in [9.17, 15) is 9.59 Å². The molecule has 2 rings (SSSR count). The lowest BCUT2D eigenvalue weighted by Gasteiger charge is -2.00. The van der Waals surface area contributed by atoms with Crippen molar-refractivity contribution >= 4 is 11.8 Å². The Hall–Kier alpha value is -2.36. The molecule has 1 N–H and O–H groups in total. The van der Waals surface area contributed by atoms with Crippen LogP contribution in [0.15, 0.2) is 36.5 Å². The molecular weight excluding hydrogens is 242 g/mol. The highest BCUT2D eigenvalue weighted by molar-refractivity contribution is 6.09. The van der Waals surface area contributed by atoms with Crippen LogP contribution in [0.2, 0.25) is 0 Å². The summed E-state index contributed by atoms with van der Waals surface area (Å²) in [6.45, 7) is 2.05. The molecule has 2 aromatic rings. The first kappa shape index (κ1) is 13.1. The smallest absolute Gasteiger partial charge is 0.352 e. The summed E-state index contributed by atoms with van der Waals surface area (Å²) in [5.41, 5.74) is 2.23. The first-order chi connectivity index (χ1) is 9.02. The van der Waals surface area contributed by atoms with Crippen molar-refractivity contribution in [1.29, 1.82) is 0 Å². The van der Waals surface area contributed by atoms with E-state index in [4.69, 9.17) is 5.11 Å². The van der Waals surface area contributed by atoms with Gasteiger partial charge in [0.25, 0.3) is 0 Å². The number of carboxylic acid groups (broad SMARTS) is 1. The Balaban J connectivity index is 2.33. The molecule has 0 unspecified atom stereocenters. The van der Waals surface area contributed by atoms with Gasteiger partial charge in [-0.1, -0.05) is 31.2 Å². The van der Waals surface area contributed by atoms with Gasteiger partial charge >= 0.3 is 5.97 Å². The van der Waals surface area contributed by atoms with E-state index < -0.39 is 5.97 Å². The summed E-state index contributed by atoms with van der Waals surface area (Å²) in [6.07, 6.45) is 2.46. The number of aromatic carboxylic acids is 1. The van der Waals surface area contributed by atoms with E-state index in [0.717, 1.165) is 12.0 Å². The molecule has 4 nitrogen and oxygen atoms in total. The molecule has 0 saturated carbocycles. The van der Waals surface area contributed by atoms with Crippen LogP contribution in [0.1, 0.15) is 38.9 Å². The van der Waals surface area contributed by atoms with E-state index in [0.29, 0.717) is 11.1 Å². The zero-order valence-corrected chi connectivity index (χ0v) is 10.9. The normalized spacial score (nSPS) is 10.4. The zero-order chi connectivity index (χ0) is 14.0. The van der Waals surface area contributed by atoms with Crippen LogP contribution in [0.4, 0.5) is 0 Å². The van der Waals surface area contributed by atoms with E-state index in [-0.39, 0.29) is 11.5 Å². The van der Waals surface area contributed by atoms with Gasteiger partial charge in [0.15, 0.2) is 5.78 Å². The molecule has 0 aliphatic rings. The molecule has 0 radical (unpaired) electrons. The van der Waals surface area contributed by atoms with E-state index >= 15 is 0 Å². The number of aryl methyl sites for hydroxylation is 2. The molecule has 0 atom stereocenters. The molecule has 0 aliphatic carbocycles. The lowest BCUT2D eigenvalue weighted by atomic mass is 10.0. The summed E-state index contributed by atoms with van der Waals surface area (Å²) in [5, 5.41) is 8.97. The molecule has 0 amide bonds. The van der Waals surface area contributed by atoms with Crippen molar-refractivity contribution in [2.45, 2.75) is 13.3 Å². The number of aromatic nitrogens is 1. The molecular formula is C15H15NO3. The third kappa shape index (κ3) is 2.57. The first-order valence-corrected chi connectivity index (χ1v) is 6.06. The molecule has 4 heteroatoms. The number of rotatable bonds is 4. The fourth-order valence-corrected chi connectivity index (χ4v) is 1.96. The minimum absolute atomic E-state index is 0.105. The largest absolute Gasteiger partial charge is 0.477 e. The van der Waals surface area contributed by atoms with E-state index in [1.807, 2.05) is 19.1 Å². The van der Waals surface area contributed by atoms with E-state index in [2.05, 4.69) is 0 Å². The van der Waals surface area contributed by atoms with Gasteiger partial charge in [0.2, 0.25) is 0 Å². The van der Waals surface area contributed by atoms with E-state index in [1.54, 1.807) is 25.4 Å². The topological polar surface area (TPSA) is 59.3 Å². The Morgan fingerprint density at radius 1 is 1.16 bits per heavy atom. The summed E-state index contributed by atoms with van der Waals surface area (Å²) in [5.74, 6) is -1.20. The van der Waals surface area contributed by atoms with Crippen LogP contribution in [0, 0.1) is 0 Å². The lowest BCUT2D eigenvalue weighted by Crippen LogP contribution is -2.02. The third-order valence-electron chi connectivity index (χ3n) is 3.11. The molecule has 19 heavy (non-hydrogen) atoms. The van der Waals surface area contributed by atoms with Crippen LogP contribution in [-0.2, 0) is 13.5 Å². The van der Waals surface area contributed by atoms with E-state index in [1.165, 1.54) is 10.6 Å². The predicted molar refractivity (Wildman–Crippen MR) is 71.6 cm³/mol. The number of hydrogen-bond donors (Lipinski definition) is 1. The third-order valence-corrected chi connectivity index (χ3v) is 3.11. The summed E-state index contributed by atoms with van der Waals surface area (Å²) >= 11 is 0. The summed E-state index contributed by atoms with van der Waals surface area (Å²) in [6, 6.07) is 8.77. The number of nitrogens with zero attached hydrogens (tertiary/aromatic N) is 1. The highest BCUT2D eigenvalue weighted by atomic mass is 16.4. The van der Waals surface area contributed by atoms with Crippen molar-refractivity contribution in [2.75, 3.05) is 0 Å². The molecule has 1 heterocycles. The van der Waals surface area contributed by atoms with Gasteiger partial charge in [-0.25, -0.2) is 4.79 Å². The maximum Gasteiger partial charge on any atom is 0.352 e. The van der Waals surface area contributed by atoms with Crippen LogP contribution in [0.25, 0.3) is 0 Å². The minimum Gasteiger partial charge on any atom is -0.477 e. The molecule has 1 aromatic carbocycles. The van der Waals surface area contributed by atoms with Crippen molar-refractivity contribution in [3.05, 3.63) is 58.9 Å². The molecule has 0 fully saturated rings. The summed E-state index contributed by atoms with van der Waals surface area (Å²) in [4.78, 5) is 23.2. The molecule has 1 aromatic heterocycles. The van der Waals surface area contributed by atoms with Crippen LogP contribution in [0.3, 0.4) is 0 Å². The van der Waals surface area contributed by atoms with Gasteiger partial charge in [0.05, 0.1) is 0 Å². The minimum atomic E-state index is -1.04. The zero-order valence-electron chi connectivity index (χ0n) is 10.9. The number of carbonyl (C=O) groups excluding carboxylic acids is 1. The van der Waals surface area contributed by atoms with Crippen LogP contribution in [-0.4, -0.2) is 21.4 Å². The second-order valence-electron chi connectivity index (χ2n) is 4.41. The Kier molecular flexibility index (Phi) is 3.51. The molecule has 0 aliphatic heterocycles. The predicted octanol–water partition coefficient (Wildman–Crippen LogP) is 2.52. The maximum atomic E-state index is 12.2. The highest BCUT2D eigenvalue weighted by Gasteiger charge is 2.16. The number of carboxylic acids is 1. The molecule has 0 bridgehead atoms. The Bertz CT molecular complexity index is 623. The fraction of sp³-hybridized carbons (Fsp3) is 0.200. The van der Waals surface area contributed by atoms with Crippen molar-refractivity contribution in [2.24, 2.45) is 7.05 Å². The van der Waals surface area contributed by atoms with Crippen molar-refractivity contribution < 1.29 is 14.7 Å². The standard InChI is InChI=1S/C15H15NO3/c1-3-10-4-6-11(7-5-10)14(17)12-8-13(15(18)19)16(2)9-12/h4-9H,3H2,1-2H3,(H,18,19). The number of benzene rings is 1. The first-order valence-electron chi connectivity index (χ1n) is 6.06. The average Bonchev–Trinajstić information content (AvgIpc) is 2.80. The summed E-state index contributed by atoms with van der Waals surface area (Å²) in [7, 11) is 1.61. The van der Waals surface area contributed by atoms with Crippen molar-refractivity contribution in [3.63, 3.8) is 0 Å². The Labute approximate surface area is 111 Å². The monoisotopic (exact) mass is 257 g/mol. The summed E-state index contributed by atoms with van der Waals surface area (Å²) < 4.78 is 1.44. The molecule has 98 valence electrons. The van der Waals surface area contributed by atoms with Crippen LogP contribution in [0.5, 0.6) is 0 Å². The molecule has 0 saturated heterocycles. The highest BCUT2D eigenvalue weighted by Crippen LogP contribution is 2.14. The second-order valence-corrected chi connectivity index (χ2v) is 4.41. The molecule has 0 spiro atoms. The fourth-order valence-electron chi connectivity index (χ4n) is 1.96. The quantitative estimate of drug-likeness (QED) is 0.856. The number of hydrogen-bond acceptors (Lipinski definition) is 2. The van der Waals surface area contributed by atoms with Gasteiger partial charge in [0.1, 0.15) is 5.69 Å². The van der Waals surface area contributed by atoms with Gasteiger partial charge in [-0.15, -0.1) is 0 Å². The van der Waals surface area contributed by atoms with Crippen molar-refractivity contribution in [1.82, 2.24) is 4.57 Å². The van der Waals surface area contributed by atoms with Gasteiger partial charge in [-0.2, -0.15) is 0 Å². The average molecular weight is 257 g/mol. The van der Waals surface area contributed by atoms with Crippen LogP contribution >= 0.6 is 0 Å². The second kappa shape index (κ2) is 5.10. The SMILES string of the molecule is CCc1ccc(C(=O)c2cc(C(=O)O)n(C)c2)cc1. The van der Waals surface area contributed by atoms with Gasteiger partial charge in [-0.05, 0) is 18.1 Å². The van der Waals surface area contributed by atoms with Crippen LogP contribution < -0.4 is 0 Å². The van der Waals surface area contributed by atoms with Gasteiger partial charge in [0, 0.05) is 24.4 Å². The number of ketones is 1. The van der Waals surface area contributed by atoms with Gasteiger partial charge in [-0.3, -0.25) is 4.79 Å². The Morgan fingerprint density at radius 2 is 1.79 bits per heavy atom. The number of carbonyl (C=O) groups is 2.